The van der Waals surface area contributed by atoms with Crippen molar-refractivity contribution in [3.8, 4) is 0 Å². The highest BCUT2D eigenvalue weighted by molar-refractivity contribution is 6.47. The zero-order chi connectivity index (χ0) is 22.4. The standard InChI is InChI=1S/C24H19N7O2/c32-23-21(22(24(33)26-23)31-20-9-4-2-7-18(20)27-28-31)17-14-30(19-8-3-1-6-16(17)19)12-5-11-29-13-10-25-15-29/h1-4,6-10,13-15H,5,11-12H2,(H,26,32,33). The Morgan fingerprint density at radius 1 is 0.909 bits per heavy atom. The Morgan fingerprint density at radius 3 is 2.58 bits per heavy atom. The molecule has 0 saturated heterocycles. The van der Waals surface area contributed by atoms with Crippen LogP contribution in [0.4, 0.5) is 0 Å². The topological polar surface area (TPSA) is 99.6 Å². The Kier molecular flexibility index (Phi) is 4.39. The molecule has 0 radical (unpaired) electrons. The highest BCUT2D eigenvalue weighted by Crippen LogP contribution is 2.34. The Labute approximate surface area is 187 Å². The van der Waals surface area contributed by atoms with E-state index in [-0.39, 0.29) is 5.70 Å². The molecule has 0 saturated carbocycles. The van der Waals surface area contributed by atoms with Crippen molar-refractivity contribution in [1.29, 1.82) is 0 Å². The van der Waals surface area contributed by atoms with Gasteiger partial charge < -0.3 is 9.13 Å². The molecule has 0 aliphatic carbocycles. The summed E-state index contributed by atoms with van der Waals surface area (Å²) in [6, 6.07) is 15.2. The van der Waals surface area contributed by atoms with Gasteiger partial charge in [0.15, 0.2) is 0 Å². The van der Waals surface area contributed by atoms with Crippen molar-refractivity contribution in [2.45, 2.75) is 19.5 Å². The number of imidazole rings is 1. The van der Waals surface area contributed by atoms with Crippen LogP contribution in [0, 0.1) is 0 Å². The minimum Gasteiger partial charge on any atom is -0.347 e. The predicted molar refractivity (Wildman–Crippen MR) is 123 cm³/mol. The van der Waals surface area contributed by atoms with E-state index in [0.29, 0.717) is 22.2 Å². The molecule has 0 unspecified atom stereocenters. The monoisotopic (exact) mass is 437 g/mol. The average molecular weight is 437 g/mol. The maximum Gasteiger partial charge on any atom is 0.277 e. The number of para-hydroxylation sites is 2. The van der Waals surface area contributed by atoms with Crippen molar-refractivity contribution in [2.24, 2.45) is 0 Å². The third-order valence-electron chi connectivity index (χ3n) is 5.90. The molecule has 4 heterocycles. The molecule has 5 aromatic rings. The van der Waals surface area contributed by atoms with Crippen molar-refractivity contribution in [2.75, 3.05) is 0 Å². The summed E-state index contributed by atoms with van der Waals surface area (Å²) in [6.07, 6.45) is 8.34. The number of aromatic nitrogens is 6. The number of amides is 2. The Hall–Kier alpha value is -4.53. The van der Waals surface area contributed by atoms with Crippen LogP contribution in [-0.4, -0.2) is 40.9 Å². The number of fused-ring (bicyclic) bond motifs is 2. The molecule has 2 aromatic carbocycles. The van der Waals surface area contributed by atoms with Gasteiger partial charge in [-0.25, -0.2) is 9.67 Å². The van der Waals surface area contributed by atoms with Gasteiger partial charge in [-0.2, -0.15) is 0 Å². The lowest BCUT2D eigenvalue weighted by molar-refractivity contribution is -0.123. The van der Waals surface area contributed by atoms with Crippen LogP contribution >= 0.6 is 0 Å². The molecular formula is C24H19N7O2. The van der Waals surface area contributed by atoms with E-state index in [0.717, 1.165) is 30.4 Å². The number of imide groups is 1. The molecule has 1 N–H and O–H groups in total. The fourth-order valence-electron chi connectivity index (χ4n) is 4.41. The largest absolute Gasteiger partial charge is 0.347 e. The molecule has 33 heavy (non-hydrogen) atoms. The molecule has 9 nitrogen and oxygen atoms in total. The number of hydrogen-bond donors (Lipinski definition) is 1. The van der Waals surface area contributed by atoms with Crippen molar-refractivity contribution >= 4 is 45.0 Å². The second kappa shape index (κ2) is 7.56. The quantitative estimate of drug-likeness (QED) is 0.412. The summed E-state index contributed by atoms with van der Waals surface area (Å²) < 4.78 is 5.62. The summed E-state index contributed by atoms with van der Waals surface area (Å²) >= 11 is 0. The maximum absolute atomic E-state index is 13.0. The lowest BCUT2D eigenvalue weighted by atomic mass is 10.0. The van der Waals surface area contributed by atoms with Gasteiger partial charge in [-0.3, -0.25) is 14.9 Å². The van der Waals surface area contributed by atoms with Crippen LogP contribution in [0.3, 0.4) is 0 Å². The van der Waals surface area contributed by atoms with E-state index in [1.807, 2.05) is 65.5 Å². The van der Waals surface area contributed by atoms with Crippen LogP contribution in [0.1, 0.15) is 12.0 Å². The molecule has 0 bridgehead atoms. The summed E-state index contributed by atoms with van der Waals surface area (Å²) in [6.45, 7) is 1.59. The number of benzene rings is 2. The van der Waals surface area contributed by atoms with Gasteiger partial charge in [0, 0.05) is 48.1 Å². The Bertz CT molecular complexity index is 1560. The van der Waals surface area contributed by atoms with E-state index in [2.05, 4.69) is 25.2 Å². The lowest BCUT2D eigenvalue weighted by Gasteiger charge is -2.06. The molecule has 9 heteroatoms. The highest BCUT2D eigenvalue weighted by atomic mass is 16.2. The molecule has 0 spiro atoms. The van der Waals surface area contributed by atoms with Gasteiger partial charge in [0.05, 0.1) is 17.4 Å². The number of nitrogens with one attached hydrogen (secondary N) is 1. The normalized spacial score (nSPS) is 14.1. The molecule has 162 valence electrons. The van der Waals surface area contributed by atoms with Gasteiger partial charge in [-0.1, -0.05) is 35.5 Å². The van der Waals surface area contributed by atoms with E-state index in [9.17, 15) is 9.59 Å². The number of hydrogen-bond acceptors (Lipinski definition) is 5. The van der Waals surface area contributed by atoms with E-state index in [1.165, 1.54) is 4.68 Å². The van der Waals surface area contributed by atoms with E-state index >= 15 is 0 Å². The first-order chi connectivity index (χ1) is 16.2. The molecule has 0 atom stereocenters. The third kappa shape index (κ3) is 3.13. The minimum atomic E-state index is -0.484. The van der Waals surface area contributed by atoms with Gasteiger partial charge in [-0.05, 0) is 24.6 Å². The first kappa shape index (κ1) is 19.2. The van der Waals surface area contributed by atoms with E-state index in [1.54, 1.807) is 12.5 Å². The second-order valence-electron chi connectivity index (χ2n) is 7.90. The Morgan fingerprint density at radius 2 is 1.73 bits per heavy atom. The van der Waals surface area contributed by atoms with Crippen molar-refractivity contribution in [3.63, 3.8) is 0 Å². The van der Waals surface area contributed by atoms with Gasteiger partial charge in [-0.15, -0.1) is 5.10 Å². The minimum absolute atomic E-state index is 0.190. The number of nitrogens with zero attached hydrogens (tertiary/aromatic N) is 6. The Balaban J connectivity index is 1.48. The lowest BCUT2D eigenvalue weighted by Crippen LogP contribution is -2.24. The fourth-order valence-corrected chi connectivity index (χ4v) is 4.41. The van der Waals surface area contributed by atoms with Crippen LogP contribution in [0.15, 0.2) is 73.4 Å². The van der Waals surface area contributed by atoms with Crippen molar-refractivity contribution in [3.05, 3.63) is 79.0 Å². The molecular weight excluding hydrogens is 418 g/mol. The van der Waals surface area contributed by atoms with Crippen LogP contribution < -0.4 is 5.32 Å². The second-order valence-corrected chi connectivity index (χ2v) is 7.90. The summed E-state index contributed by atoms with van der Waals surface area (Å²) in [5.74, 6) is -0.918. The van der Waals surface area contributed by atoms with Gasteiger partial charge >= 0.3 is 0 Å². The zero-order valence-corrected chi connectivity index (χ0v) is 17.5. The van der Waals surface area contributed by atoms with Crippen molar-refractivity contribution in [1.82, 2.24) is 34.4 Å². The number of carbonyl (C=O) groups excluding carboxylic acids is 2. The molecule has 2 amide bonds. The van der Waals surface area contributed by atoms with E-state index < -0.39 is 11.8 Å². The summed E-state index contributed by atoms with van der Waals surface area (Å²) in [5.41, 5.74) is 3.51. The maximum atomic E-state index is 13.0. The molecule has 3 aromatic heterocycles. The number of aryl methyl sites for hydroxylation is 2. The third-order valence-corrected chi connectivity index (χ3v) is 5.90. The van der Waals surface area contributed by atoms with Gasteiger partial charge in [0.25, 0.3) is 11.8 Å². The van der Waals surface area contributed by atoms with E-state index in [4.69, 9.17) is 0 Å². The fraction of sp³-hybridized carbons (Fsp3) is 0.125. The molecule has 1 aliphatic rings. The smallest absolute Gasteiger partial charge is 0.277 e. The van der Waals surface area contributed by atoms with Crippen LogP contribution in [0.5, 0.6) is 0 Å². The summed E-state index contributed by atoms with van der Waals surface area (Å²) in [4.78, 5) is 29.9. The van der Waals surface area contributed by atoms with Gasteiger partial charge in [0.2, 0.25) is 0 Å². The number of carbonyl (C=O) groups is 2. The van der Waals surface area contributed by atoms with Crippen molar-refractivity contribution < 1.29 is 9.59 Å². The highest BCUT2D eigenvalue weighted by Gasteiger charge is 2.35. The SMILES string of the molecule is O=C1NC(=O)C(n2nnc3ccccc32)=C1c1cn(CCCn2ccnc2)c2ccccc12. The zero-order valence-electron chi connectivity index (χ0n) is 17.5. The molecule has 6 rings (SSSR count). The molecule has 0 fully saturated rings. The molecule has 1 aliphatic heterocycles. The van der Waals surface area contributed by atoms with Gasteiger partial charge in [0.1, 0.15) is 11.2 Å². The predicted octanol–water partition coefficient (Wildman–Crippen LogP) is 2.70. The van der Waals surface area contributed by atoms with Crippen LogP contribution in [0.2, 0.25) is 0 Å². The number of rotatable bonds is 6. The first-order valence-electron chi connectivity index (χ1n) is 10.7. The van der Waals surface area contributed by atoms with Crippen LogP contribution in [0.25, 0.3) is 33.2 Å². The summed E-state index contributed by atoms with van der Waals surface area (Å²) in [5, 5.41) is 11.7. The first-order valence-corrected chi connectivity index (χ1v) is 10.7. The average Bonchev–Trinajstić information content (AvgIpc) is 3.60. The van der Waals surface area contributed by atoms with Crippen LogP contribution in [-0.2, 0) is 22.7 Å². The summed E-state index contributed by atoms with van der Waals surface area (Å²) in [7, 11) is 0.